The highest BCUT2D eigenvalue weighted by atomic mass is 32.1. The number of anilines is 1. The Bertz CT molecular complexity index is 1010. The maximum atomic E-state index is 14.4. The fourth-order valence-corrected chi connectivity index (χ4v) is 3.90. The molecule has 9 heteroatoms. The van der Waals surface area contributed by atoms with Crippen LogP contribution >= 0.6 is 0 Å². The molecule has 0 spiro atoms. The third-order valence-corrected chi connectivity index (χ3v) is 6.03. The van der Waals surface area contributed by atoms with Gasteiger partial charge < -0.3 is 15.2 Å². The zero-order valence-electron chi connectivity index (χ0n) is 18.3. The van der Waals surface area contributed by atoms with E-state index in [-0.39, 0.29) is 34.0 Å². The van der Waals surface area contributed by atoms with Crippen molar-refractivity contribution in [3.63, 3.8) is 0 Å². The van der Waals surface area contributed by atoms with E-state index in [9.17, 15) is 23.1 Å². The second-order valence-electron chi connectivity index (χ2n) is 8.64. The summed E-state index contributed by atoms with van der Waals surface area (Å²) in [5.41, 5.74) is 1.20. The molecule has 2 aromatic carbocycles. The highest BCUT2D eigenvalue weighted by Gasteiger charge is 2.30. The first-order valence-electron chi connectivity index (χ1n) is 10.3. The van der Waals surface area contributed by atoms with Crippen molar-refractivity contribution in [2.75, 3.05) is 5.32 Å². The van der Waals surface area contributed by atoms with Crippen LogP contribution in [-0.4, -0.2) is 17.7 Å². The van der Waals surface area contributed by atoms with Crippen LogP contribution in [0, 0.1) is 5.82 Å². The number of ether oxygens (including phenoxy) is 1. The molecule has 1 saturated carbocycles. The van der Waals surface area contributed by atoms with Gasteiger partial charge in [0.05, 0.1) is 10.5 Å². The molecule has 2 amide bonds. The van der Waals surface area contributed by atoms with Crippen molar-refractivity contribution in [2.24, 2.45) is 4.36 Å². The summed E-state index contributed by atoms with van der Waals surface area (Å²) in [6.07, 6.45) is 1.79. The van der Waals surface area contributed by atoms with E-state index in [4.69, 9.17) is 0 Å². The number of carbonyl (C=O) groups is 1. The third kappa shape index (κ3) is 6.10. The number of amides is 2. The minimum absolute atomic E-state index is 0.0617. The van der Waals surface area contributed by atoms with E-state index in [1.165, 1.54) is 24.3 Å². The van der Waals surface area contributed by atoms with Gasteiger partial charge in [-0.3, -0.25) is 0 Å². The molecule has 0 aliphatic heterocycles. The molecule has 0 saturated heterocycles. The van der Waals surface area contributed by atoms with Crippen molar-refractivity contribution in [1.82, 2.24) is 0 Å². The van der Waals surface area contributed by atoms with Gasteiger partial charge >= 0.3 is 12.6 Å². The lowest BCUT2D eigenvalue weighted by atomic mass is 9.95. The molecule has 1 fully saturated rings. The summed E-state index contributed by atoms with van der Waals surface area (Å²) < 4.78 is 48.4. The summed E-state index contributed by atoms with van der Waals surface area (Å²) in [5, 5.41) is 12.8. The summed E-state index contributed by atoms with van der Waals surface area (Å²) in [4.78, 5) is 12.8. The Labute approximate surface area is 189 Å². The van der Waals surface area contributed by atoms with Gasteiger partial charge in [0.1, 0.15) is 11.6 Å². The van der Waals surface area contributed by atoms with E-state index in [0.717, 1.165) is 18.4 Å². The largest absolute Gasteiger partial charge is 0.435 e. The summed E-state index contributed by atoms with van der Waals surface area (Å²) in [6.45, 7) is 3.96. The molecule has 0 bridgehead atoms. The van der Waals surface area contributed by atoms with Crippen LogP contribution in [0.3, 0.4) is 0 Å². The third-order valence-electron chi connectivity index (χ3n) is 5.17. The molecule has 0 atom stereocenters. The topological polar surface area (TPSA) is 70.9 Å². The molecule has 0 aromatic heterocycles. The molecule has 2 N–H and O–H groups in total. The number of benzene rings is 2. The Kier molecular flexibility index (Phi) is 7.29. The van der Waals surface area contributed by atoms with Crippen molar-refractivity contribution >= 4 is 23.3 Å². The Morgan fingerprint density at radius 1 is 1.25 bits per heavy atom. The molecular weight excluding hydrogens is 441 g/mol. The molecule has 174 valence electrons. The summed E-state index contributed by atoms with van der Waals surface area (Å²) in [6, 6.07) is 6.67. The fraction of sp³-hybridized carbons (Fsp3) is 0.435. The van der Waals surface area contributed by atoms with Gasteiger partial charge in [-0.2, -0.15) is 13.1 Å². The monoisotopic (exact) mass is 468 g/mol. The van der Waals surface area contributed by atoms with Crippen LogP contribution in [0.5, 0.6) is 5.75 Å². The highest BCUT2D eigenvalue weighted by molar-refractivity contribution is 7.68. The smallest absolute Gasteiger partial charge is 0.387 e. The van der Waals surface area contributed by atoms with Crippen LogP contribution in [0.25, 0.3) is 0 Å². The molecule has 1 aliphatic carbocycles. The standard InChI is InChI=1S/C23H27F3N2O3S/c1-12(2)16-10-15(31-21(25)26)11-17(13-5-6-13)20(16)27-22(29)28-32-19-8-7-14(9-18(19)24)23(3,4)30/h7-13,21,30,32H,5-6H2,1-4H3,(H,27,29). The number of hydrogen-bond acceptors (Lipinski definition) is 3. The van der Waals surface area contributed by atoms with Crippen LogP contribution in [0.1, 0.15) is 69.1 Å². The molecular formula is C23H27F3N2O3S. The van der Waals surface area contributed by atoms with Crippen LogP contribution in [0.15, 0.2) is 39.6 Å². The molecule has 1 aliphatic rings. The van der Waals surface area contributed by atoms with Crippen molar-refractivity contribution < 1.29 is 27.8 Å². The fourth-order valence-electron chi connectivity index (χ4n) is 3.35. The first kappa shape index (κ1) is 24.3. The predicted octanol–water partition coefficient (Wildman–Crippen LogP) is 6.24. The molecule has 3 rings (SSSR count). The number of halogens is 3. The summed E-state index contributed by atoms with van der Waals surface area (Å²) >= 11 is 0.111. The number of nitrogens with one attached hydrogen (secondary N) is 1. The number of rotatable bonds is 7. The van der Waals surface area contributed by atoms with Gasteiger partial charge in [-0.15, -0.1) is 0 Å². The second kappa shape index (κ2) is 9.62. The van der Waals surface area contributed by atoms with Gasteiger partial charge in [0.25, 0.3) is 0 Å². The maximum absolute atomic E-state index is 14.4. The van der Waals surface area contributed by atoms with Gasteiger partial charge in [-0.25, -0.2) is 9.18 Å². The van der Waals surface area contributed by atoms with Crippen molar-refractivity contribution in [3.8, 4) is 5.75 Å². The quantitative estimate of drug-likeness (QED) is 0.421. The average molecular weight is 469 g/mol. The number of aliphatic hydroxyl groups is 1. The van der Waals surface area contributed by atoms with Crippen molar-refractivity contribution in [3.05, 3.63) is 52.8 Å². The van der Waals surface area contributed by atoms with Gasteiger partial charge in [-0.05, 0) is 79.5 Å². The number of hydrogen-bond donors (Lipinski definition) is 3. The van der Waals surface area contributed by atoms with E-state index < -0.39 is 24.1 Å². The van der Waals surface area contributed by atoms with Crippen LogP contribution in [0.4, 0.5) is 23.7 Å². The Morgan fingerprint density at radius 3 is 2.47 bits per heavy atom. The molecule has 0 radical (unpaired) electrons. The number of carbonyl (C=O) groups excluding carboxylic acids is 1. The molecule has 32 heavy (non-hydrogen) atoms. The van der Waals surface area contributed by atoms with E-state index in [2.05, 4.69) is 14.4 Å². The summed E-state index contributed by atoms with van der Waals surface area (Å²) in [5.74, 6) is -0.410. The normalized spacial score (nSPS) is 14.7. The van der Waals surface area contributed by atoms with Crippen LogP contribution in [-0.2, 0) is 17.2 Å². The van der Waals surface area contributed by atoms with E-state index in [0.29, 0.717) is 16.8 Å². The number of alkyl halides is 2. The Hall–Kier alpha value is -2.39. The van der Waals surface area contributed by atoms with Gasteiger partial charge in [-0.1, -0.05) is 31.5 Å². The molecule has 2 aromatic rings. The first-order valence-corrected chi connectivity index (χ1v) is 11.2. The van der Waals surface area contributed by atoms with Crippen molar-refractivity contribution in [1.29, 1.82) is 0 Å². The van der Waals surface area contributed by atoms with E-state index in [1.54, 1.807) is 19.9 Å². The van der Waals surface area contributed by atoms with Gasteiger partial charge in [0.2, 0.25) is 0 Å². The molecule has 0 heterocycles. The lowest BCUT2D eigenvalue weighted by molar-refractivity contribution is -0.0499. The molecule has 0 unspecified atom stereocenters. The minimum Gasteiger partial charge on any atom is -0.435 e. The minimum atomic E-state index is -2.94. The SMILES string of the molecule is CC(C)c1cc(OC(F)F)cc(C2CC2)c1NC(=O)/N=[SH]/c1ccc(C(C)(C)O)cc1F. The number of thiol groups is 1. The molecule has 5 nitrogen and oxygen atoms in total. The lowest BCUT2D eigenvalue weighted by Gasteiger charge is -2.19. The number of nitrogens with zero attached hydrogens (tertiary/aromatic N) is 1. The Balaban J connectivity index is 1.86. The van der Waals surface area contributed by atoms with Crippen LogP contribution in [0.2, 0.25) is 0 Å². The van der Waals surface area contributed by atoms with Gasteiger partial charge in [0.15, 0.2) is 0 Å². The zero-order chi connectivity index (χ0) is 23.6. The summed E-state index contributed by atoms with van der Waals surface area (Å²) in [7, 11) is 0. The Morgan fingerprint density at radius 2 is 1.94 bits per heavy atom. The van der Waals surface area contributed by atoms with Crippen LogP contribution < -0.4 is 10.1 Å². The van der Waals surface area contributed by atoms with E-state index in [1.807, 2.05) is 13.8 Å². The highest BCUT2D eigenvalue weighted by Crippen LogP contribution is 2.47. The van der Waals surface area contributed by atoms with Gasteiger partial charge in [0, 0.05) is 5.69 Å². The maximum Gasteiger partial charge on any atom is 0.387 e. The van der Waals surface area contributed by atoms with Crippen molar-refractivity contribution in [2.45, 2.75) is 69.5 Å². The van der Waals surface area contributed by atoms with E-state index >= 15 is 0 Å². The zero-order valence-corrected chi connectivity index (χ0v) is 19.2. The second-order valence-corrected chi connectivity index (χ2v) is 9.52. The first-order chi connectivity index (χ1) is 15.0. The lowest BCUT2D eigenvalue weighted by Crippen LogP contribution is -2.15. The average Bonchev–Trinajstić information content (AvgIpc) is 3.51. The number of urea groups is 1. The predicted molar refractivity (Wildman–Crippen MR) is 119 cm³/mol.